The zero-order valence-corrected chi connectivity index (χ0v) is 11.0. The molecular formula is C13H12F2N2O4. The van der Waals surface area contributed by atoms with Crippen LogP contribution in [0.15, 0.2) is 23.2 Å². The number of urea groups is 1. The van der Waals surface area contributed by atoms with E-state index in [4.69, 9.17) is 4.74 Å². The van der Waals surface area contributed by atoms with E-state index in [1.54, 1.807) is 0 Å². The van der Waals surface area contributed by atoms with Crippen molar-refractivity contribution >= 4 is 17.7 Å². The molecule has 21 heavy (non-hydrogen) atoms. The Morgan fingerprint density at radius 2 is 2.14 bits per heavy atom. The lowest BCUT2D eigenvalue weighted by Gasteiger charge is -2.29. The molecular weight excluding hydrogens is 286 g/mol. The van der Waals surface area contributed by atoms with Gasteiger partial charge in [-0.05, 0) is 17.7 Å². The third-order valence-electron chi connectivity index (χ3n) is 3.08. The fraction of sp³-hybridized carbons (Fsp3) is 0.308. The average molecular weight is 298 g/mol. The highest BCUT2D eigenvalue weighted by atomic mass is 19.2. The SMILES string of the molecule is COCC1=NC(=O)N[C@H](c2ccc(F)c(F)c2)C1C(=O)O. The van der Waals surface area contributed by atoms with Gasteiger partial charge in [-0.25, -0.2) is 13.6 Å². The standard InChI is InChI=1S/C13H12F2N2O4/c1-21-5-9-10(12(18)19)11(17-13(20)16-9)6-2-3-7(14)8(15)4-6/h2-4,10-11H,5H2,1H3,(H,17,20)(H,18,19)/t10?,11-/m1/s1. The molecule has 6 nitrogen and oxygen atoms in total. The molecule has 1 unspecified atom stereocenters. The van der Waals surface area contributed by atoms with Crippen molar-refractivity contribution in [3.8, 4) is 0 Å². The average Bonchev–Trinajstić information content (AvgIpc) is 2.41. The molecule has 0 spiro atoms. The molecule has 0 radical (unpaired) electrons. The molecule has 0 saturated heterocycles. The van der Waals surface area contributed by atoms with Gasteiger partial charge in [-0.15, -0.1) is 0 Å². The van der Waals surface area contributed by atoms with Crippen LogP contribution in [0.4, 0.5) is 13.6 Å². The summed E-state index contributed by atoms with van der Waals surface area (Å²) < 4.78 is 31.1. The second-order valence-electron chi connectivity index (χ2n) is 4.45. The van der Waals surface area contributed by atoms with Crippen LogP contribution < -0.4 is 5.32 Å². The number of carbonyl (C=O) groups excluding carboxylic acids is 1. The number of ether oxygens (including phenoxy) is 1. The molecule has 2 N–H and O–H groups in total. The molecule has 1 aliphatic rings. The van der Waals surface area contributed by atoms with Crippen molar-refractivity contribution in [3.05, 3.63) is 35.4 Å². The molecule has 8 heteroatoms. The Morgan fingerprint density at radius 1 is 1.43 bits per heavy atom. The summed E-state index contributed by atoms with van der Waals surface area (Å²) in [4.78, 5) is 26.5. The van der Waals surface area contributed by atoms with E-state index in [9.17, 15) is 23.5 Å². The van der Waals surface area contributed by atoms with Crippen LogP contribution in [0, 0.1) is 17.6 Å². The minimum Gasteiger partial charge on any atom is -0.481 e. The molecule has 1 aromatic rings. The molecule has 2 rings (SSSR count). The number of hydrogen-bond acceptors (Lipinski definition) is 3. The van der Waals surface area contributed by atoms with Gasteiger partial charge in [0.25, 0.3) is 0 Å². The van der Waals surface area contributed by atoms with Crippen LogP contribution in [0.5, 0.6) is 0 Å². The van der Waals surface area contributed by atoms with Crippen molar-refractivity contribution in [1.82, 2.24) is 5.32 Å². The highest BCUT2D eigenvalue weighted by molar-refractivity contribution is 6.09. The van der Waals surface area contributed by atoms with Gasteiger partial charge in [0.05, 0.1) is 18.4 Å². The van der Waals surface area contributed by atoms with Crippen molar-refractivity contribution in [1.29, 1.82) is 0 Å². The van der Waals surface area contributed by atoms with E-state index in [2.05, 4.69) is 10.3 Å². The predicted molar refractivity (Wildman–Crippen MR) is 68.1 cm³/mol. The number of carboxylic acids is 1. The maximum absolute atomic E-state index is 13.3. The van der Waals surface area contributed by atoms with E-state index in [1.807, 2.05) is 0 Å². The Bertz CT molecular complexity index is 618. The maximum atomic E-state index is 13.3. The lowest BCUT2D eigenvalue weighted by Crippen LogP contribution is -2.45. The zero-order valence-electron chi connectivity index (χ0n) is 11.0. The lowest BCUT2D eigenvalue weighted by molar-refractivity contribution is -0.140. The Hall–Kier alpha value is -2.35. The first-order valence-corrected chi connectivity index (χ1v) is 5.98. The van der Waals surface area contributed by atoms with Gasteiger partial charge in [-0.1, -0.05) is 6.07 Å². The van der Waals surface area contributed by atoms with E-state index < -0.39 is 35.6 Å². The highest BCUT2D eigenvalue weighted by Crippen LogP contribution is 2.28. The summed E-state index contributed by atoms with van der Waals surface area (Å²) in [6.07, 6.45) is 0. The number of aliphatic carboxylic acids is 1. The summed E-state index contributed by atoms with van der Waals surface area (Å²) in [6, 6.07) is 1.14. The number of carboxylic acid groups (broad SMARTS) is 1. The van der Waals surface area contributed by atoms with Crippen molar-refractivity contribution in [3.63, 3.8) is 0 Å². The van der Waals surface area contributed by atoms with E-state index in [-0.39, 0.29) is 17.9 Å². The Labute approximate surface area is 118 Å². The topological polar surface area (TPSA) is 88.0 Å². The van der Waals surface area contributed by atoms with Crippen molar-refractivity contribution in [2.24, 2.45) is 10.9 Å². The number of carbonyl (C=O) groups is 2. The third-order valence-corrected chi connectivity index (χ3v) is 3.08. The number of halogens is 2. The summed E-state index contributed by atoms with van der Waals surface area (Å²) >= 11 is 0. The van der Waals surface area contributed by atoms with Crippen molar-refractivity contribution < 1.29 is 28.2 Å². The zero-order chi connectivity index (χ0) is 15.6. The molecule has 2 amide bonds. The molecule has 0 aromatic heterocycles. The van der Waals surface area contributed by atoms with Gasteiger partial charge in [0, 0.05) is 7.11 Å². The molecule has 2 atom stereocenters. The number of hydrogen-bond donors (Lipinski definition) is 2. The predicted octanol–water partition coefficient (Wildman–Crippen LogP) is 1.52. The molecule has 1 aromatic carbocycles. The van der Waals surface area contributed by atoms with Gasteiger partial charge in [-0.2, -0.15) is 4.99 Å². The largest absolute Gasteiger partial charge is 0.481 e. The molecule has 0 bridgehead atoms. The number of methoxy groups -OCH3 is 1. The van der Waals surface area contributed by atoms with E-state index in [1.165, 1.54) is 13.2 Å². The van der Waals surface area contributed by atoms with E-state index in [0.717, 1.165) is 12.1 Å². The van der Waals surface area contributed by atoms with Crippen LogP contribution in [-0.2, 0) is 9.53 Å². The van der Waals surface area contributed by atoms with Crippen LogP contribution in [0.3, 0.4) is 0 Å². The third kappa shape index (κ3) is 3.05. The second kappa shape index (κ2) is 5.96. The van der Waals surface area contributed by atoms with Crippen LogP contribution >= 0.6 is 0 Å². The quantitative estimate of drug-likeness (QED) is 0.882. The van der Waals surface area contributed by atoms with Crippen LogP contribution in [-0.4, -0.2) is 36.5 Å². The lowest BCUT2D eigenvalue weighted by atomic mass is 9.88. The van der Waals surface area contributed by atoms with E-state index in [0.29, 0.717) is 0 Å². The van der Waals surface area contributed by atoms with Gasteiger partial charge in [0.1, 0.15) is 5.92 Å². The molecule has 1 aliphatic heterocycles. The normalized spacial score (nSPS) is 21.7. The summed E-state index contributed by atoms with van der Waals surface area (Å²) in [5.41, 5.74) is 0.154. The smallest absolute Gasteiger partial charge is 0.341 e. The molecule has 1 heterocycles. The van der Waals surface area contributed by atoms with Crippen molar-refractivity contribution in [2.45, 2.75) is 6.04 Å². The van der Waals surface area contributed by atoms with Gasteiger partial charge >= 0.3 is 12.0 Å². The summed E-state index contributed by atoms with van der Waals surface area (Å²) in [5.74, 6) is -4.65. The first kappa shape index (κ1) is 15.0. The van der Waals surface area contributed by atoms with Crippen molar-refractivity contribution in [2.75, 3.05) is 13.7 Å². The Balaban J connectivity index is 2.45. The van der Waals surface area contributed by atoms with Crippen LogP contribution in [0.1, 0.15) is 11.6 Å². The molecule has 0 saturated carbocycles. The molecule has 0 aliphatic carbocycles. The Kier molecular flexibility index (Phi) is 4.27. The Morgan fingerprint density at radius 3 is 2.71 bits per heavy atom. The fourth-order valence-electron chi connectivity index (χ4n) is 2.18. The number of nitrogens with one attached hydrogen (secondary N) is 1. The number of rotatable bonds is 4. The van der Waals surface area contributed by atoms with E-state index >= 15 is 0 Å². The number of aliphatic imine (C=N–C) groups is 1. The maximum Gasteiger partial charge on any atom is 0.341 e. The second-order valence-corrected chi connectivity index (χ2v) is 4.45. The van der Waals surface area contributed by atoms with Gasteiger partial charge in [-0.3, -0.25) is 4.79 Å². The van der Waals surface area contributed by atoms with Crippen LogP contribution in [0.25, 0.3) is 0 Å². The number of benzene rings is 1. The first-order valence-electron chi connectivity index (χ1n) is 5.98. The number of amides is 2. The first-order chi connectivity index (χ1) is 9.93. The minimum atomic E-state index is -1.25. The van der Waals surface area contributed by atoms with Gasteiger partial charge < -0.3 is 15.2 Å². The summed E-state index contributed by atoms with van der Waals surface area (Å²) in [7, 11) is 1.33. The van der Waals surface area contributed by atoms with Crippen LogP contribution in [0.2, 0.25) is 0 Å². The van der Waals surface area contributed by atoms with Gasteiger partial charge in [0.2, 0.25) is 0 Å². The highest BCUT2D eigenvalue weighted by Gasteiger charge is 2.38. The number of nitrogens with zero attached hydrogens (tertiary/aromatic N) is 1. The fourth-order valence-corrected chi connectivity index (χ4v) is 2.18. The molecule has 112 valence electrons. The minimum absolute atomic E-state index is 0.0171. The summed E-state index contributed by atoms with van der Waals surface area (Å²) in [6.45, 7) is -0.148. The summed E-state index contributed by atoms with van der Waals surface area (Å²) in [5, 5.41) is 11.7. The monoisotopic (exact) mass is 298 g/mol. The van der Waals surface area contributed by atoms with Gasteiger partial charge in [0.15, 0.2) is 11.6 Å². The molecule has 0 fully saturated rings.